The third-order valence-electron chi connectivity index (χ3n) is 4.91. The normalized spacial score (nSPS) is 13.0. The number of nitrogens with zero attached hydrogens (tertiary/aromatic N) is 3. The lowest BCUT2D eigenvalue weighted by Crippen LogP contribution is -2.23. The van der Waals surface area contributed by atoms with Gasteiger partial charge in [0.1, 0.15) is 12.0 Å². The largest absolute Gasteiger partial charge is 0.355 e. The second kappa shape index (κ2) is 9.84. The lowest BCUT2D eigenvalue weighted by Gasteiger charge is -2.19. The molecule has 0 unspecified atom stereocenters. The summed E-state index contributed by atoms with van der Waals surface area (Å²) in [7, 11) is 0. The molecule has 1 aliphatic rings. The predicted molar refractivity (Wildman–Crippen MR) is 127 cm³/mol. The average Bonchev–Trinajstić information content (AvgIpc) is 3.31. The Hall–Kier alpha value is -3.36. The van der Waals surface area contributed by atoms with Gasteiger partial charge in [0.05, 0.1) is 16.2 Å². The van der Waals surface area contributed by atoms with Crippen LogP contribution in [0.2, 0.25) is 10.0 Å². The first-order valence-electron chi connectivity index (χ1n) is 9.99. The van der Waals surface area contributed by atoms with Gasteiger partial charge in [-0.05, 0) is 49.2 Å². The highest BCUT2D eigenvalue weighted by molar-refractivity contribution is 6.42. The second-order valence-electron chi connectivity index (χ2n) is 7.20. The molecule has 1 fully saturated rings. The number of urea groups is 1. The van der Waals surface area contributed by atoms with Crippen LogP contribution in [0.4, 0.5) is 27.7 Å². The Balaban J connectivity index is 1.43. The lowest BCUT2D eigenvalue weighted by atomic mass is 10.2. The van der Waals surface area contributed by atoms with E-state index >= 15 is 0 Å². The van der Waals surface area contributed by atoms with E-state index in [2.05, 4.69) is 30.8 Å². The van der Waals surface area contributed by atoms with Gasteiger partial charge in [0.15, 0.2) is 5.82 Å². The molecule has 2 aromatic carbocycles. The zero-order valence-corrected chi connectivity index (χ0v) is 18.5. The number of benzene rings is 2. The van der Waals surface area contributed by atoms with E-state index in [1.165, 1.54) is 6.33 Å². The van der Waals surface area contributed by atoms with Crippen molar-refractivity contribution in [1.82, 2.24) is 9.97 Å². The number of hydrogen-bond donors (Lipinski definition) is 3. The number of anilines is 4. The van der Waals surface area contributed by atoms with E-state index in [-0.39, 0.29) is 5.91 Å². The van der Waals surface area contributed by atoms with E-state index in [4.69, 9.17) is 23.2 Å². The molecule has 1 aliphatic heterocycles. The molecule has 0 atom stereocenters. The Morgan fingerprint density at radius 3 is 2.41 bits per heavy atom. The third kappa shape index (κ3) is 5.27. The quantitative estimate of drug-likeness (QED) is 0.470. The van der Waals surface area contributed by atoms with Gasteiger partial charge in [-0.3, -0.25) is 4.79 Å². The van der Waals surface area contributed by atoms with Crippen LogP contribution in [0.25, 0.3) is 0 Å². The van der Waals surface area contributed by atoms with Crippen LogP contribution < -0.4 is 20.9 Å². The van der Waals surface area contributed by atoms with Crippen molar-refractivity contribution in [2.45, 2.75) is 12.8 Å². The van der Waals surface area contributed by atoms with Crippen molar-refractivity contribution in [3.05, 3.63) is 70.6 Å². The summed E-state index contributed by atoms with van der Waals surface area (Å²) in [5.74, 6) is 0.384. The van der Waals surface area contributed by atoms with Crippen molar-refractivity contribution in [2.24, 2.45) is 0 Å². The summed E-state index contributed by atoms with van der Waals surface area (Å²) in [6.45, 7) is 1.79. The van der Waals surface area contributed by atoms with Crippen molar-refractivity contribution in [3.8, 4) is 0 Å². The summed E-state index contributed by atoms with van der Waals surface area (Å²) in [6.07, 6.45) is 5.25. The molecule has 0 spiro atoms. The van der Waals surface area contributed by atoms with Crippen LogP contribution in [0.5, 0.6) is 0 Å². The molecular weight excluding hydrogens is 451 g/mol. The smallest absolute Gasteiger partial charge is 0.323 e. The van der Waals surface area contributed by atoms with Crippen molar-refractivity contribution >= 4 is 58.0 Å². The fourth-order valence-electron chi connectivity index (χ4n) is 3.39. The fraction of sp³-hybridized carbons (Fsp3) is 0.182. The molecule has 0 bridgehead atoms. The summed E-state index contributed by atoms with van der Waals surface area (Å²) >= 11 is 11.9. The third-order valence-corrected chi connectivity index (χ3v) is 5.64. The zero-order valence-electron chi connectivity index (χ0n) is 16.9. The maximum absolute atomic E-state index is 12.8. The topological polar surface area (TPSA) is 99.2 Å². The first-order chi connectivity index (χ1) is 15.5. The van der Waals surface area contributed by atoms with Crippen molar-refractivity contribution in [3.63, 3.8) is 0 Å². The molecule has 3 N–H and O–H groups in total. The van der Waals surface area contributed by atoms with Gasteiger partial charge in [0.25, 0.3) is 5.91 Å². The van der Waals surface area contributed by atoms with E-state index < -0.39 is 6.03 Å². The van der Waals surface area contributed by atoms with E-state index in [0.717, 1.165) is 25.9 Å². The van der Waals surface area contributed by atoms with Crippen molar-refractivity contribution in [1.29, 1.82) is 0 Å². The van der Waals surface area contributed by atoms with E-state index in [9.17, 15) is 9.59 Å². The molecule has 0 aliphatic carbocycles. The highest BCUT2D eigenvalue weighted by atomic mass is 35.5. The summed E-state index contributed by atoms with van der Waals surface area (Å²) in [4.78, 5) is 35.7. The Bertz CT molecular complexity index is 1150. The van der Waals surface area contributed by atoms with Gasteiger partial charge in [-0.25, -0.2) is 14.8 Å². The number of amides is 3. The Kier molecular flexibility index (Phi) is 6.72. The maximum atomic E-state index is 12.8. The Labute approximate surface area is 195 Å². The summed E-state index contributed by atoms with van der Waals surface area (Å²) < 4.78 is 0. The van der Waals surface area contributed by atoms with Crippen molar-refractivity contribution < 1.29 is 9.59 Å². The second-order valence-corrected chi connectivity index (χ2v) is 8.01. The molecule has 164 valence electrons. The number of halogens is 2. The molecule has 8 nitrogen and oxygen atoms in total. The maximum Gasteiger partial charge on any atom is 0.323 e. The molecular formula is C22H20Cl2N6O2. The van der Waals surface area contributed by atoms with Gasteiger partial charge in [0, 0.05) is 30.0 Å². The number of nitrogens with one attached hydrogen (secondary N) is 3. The highest BCUT2D eigenvalue weighted by Gasteiger charge is 2.19. The SMILES string of the molecule is O=C(Nc1cccc(C(=O)Nc2cncnc2N2CCCC2)c1)Nc1ccc(Cl)c(Cl)c1. The van der Waals surface area contributed by atoms with Crippen LogP contribution in [0.1, 0.15) is 23.2 Å². The van der Waals surface area contributed by atoms with Gasteiger partial charge in [0.2, 0.25) is 0 Å². The molecule has 0 saturated carbocycles. The average molecular weight is 471 g/mol. The Morgan fingerprint density at radius 1 is 0.906 bits per heavy atom. The number of carbonyl (C=O) groups is 2. The molecule has 1 aromatic heterocycles. The molecule has 0 radical (unpaired) electrons. The van der Waals surface area contributed by atoms with Gasteiger partial charge in [-0.1, -0.05) is 29.3 Å². The van der Waals surface area contributed by atoms with Gasteiger partial charge in [-0.15, -0.1) is 0 Å². The number of aromatic nitrogens is 2. The number of rotatable bonds is 5. The summed E-state index contributed by atoms with van der Waals surface area (Å²) in [5.41, 5.74) is 1.88. The summed E-state index contributed by atoms with van der Waals surface area (Å²) in [6, 6.07) is 10.9. The Morgan fingerprint density at radius 2 is 1.66 bits per heavy atom. The molecule has 3 aromatic rings. The van der Waals surface area contributed by atoms with Gasteiger partial charge >= 0.3 is 6.03 Å². The summed E-state index contributed by atoms with van der Waals surface area (Å²) in [5, 5.41) is 8.98. The fourth-order valence-corrected chi connectivity index (χ4v) is 3.69. The van der Waals surface area contributed by atoms with Crippen LogP contribution in [0.3, 0.4) is 0 Å². The van der Waals surface area contributed by atoms with Crippen molar-refractivity contribution in [2.75, 3.05) is 33.9 Å². The minimum Gasteiger partial charge on any atom is -0.355 e. The van der Waals surface area contributed by atoms with Gasteiger partial charge in [-0.2, -0.15) is 0 Å². The molecule has 1 saturated heterocycles. The first-order valence-corrected chi connectivity index (χ1v) is 10.7. The predicted octanol–water partition coefficient (Wildman–Crippen LogP) is 5.28. The van der Waals surface area contributed by atoms with E-state index in [1.807, 2.05) is 0 Å². The van der Waals surface area contributed by atoms with Crippen LogP contribution in [0.15, 0.2) is 55.0 Å². The monoisotopic (exact) mass is 470 g/mol. The molecule has 2 heterocycles. The number of carbonyl (C=O) groups excluding carboxylic acids is 2. The van der Waals surface area contributed by atoms with Crippen LogP contribution in [-0.2, 0) is 0 Å². The molecule has 10 heteroatoms. The lowest BCUT2D eigenvalue weighted by molar-refractivity contribution is 0.102. The highest BCUT2D eigenvalue weighted by Crippen LogP contribution is 2.27. The van der Waals surface area contributed by atoms with E-state index in [0.29, 0.717) is 38.5 Å². The number of hydrogen-bond acceptors (Lipinski definition) is 5. The standard InChI is InChI=1S/C22H20Cl2N6O2/c23-17-7-6-16(11-18(17)24)28-22(32)27-15-5-3-4-14(10-15)21(31)29-19-12-25-13-26-20(19)30-8-1-2-9-30/h3-7,10-13H,1-2,8-9H2,(H,29,31)(H2,27,28,32). The minimum atomic E-state index is -0.478. The van der Waals surface area contributed by atoms with E-state index in [1.54, 1.807) is 48.7 Å². The van der Waals surface area contributed by atoms with Crippen LogP contribution in [-0.4, -0.2) is 35.0 Å². The molecule has 4 rings (SSSR count). The zero-order chi connectivity index (χ0) is 22.5. The van der Waals surface area contributed by atoms with Crippen LogP contribution >= 0.6 is 23.2 Å². The molecule has 3 amide bonds. The minimum absolute atomic E-state index is 0.325. The van der Waals surface area contributed by atoms with Crippen LogP contribution in [0, 0.1) is 0 Å². The first kappa shape index (κ1) is 21.9. The molecule has 32 heavy (non-hydrogen) atoms. The van der Waals surface area contributed by atoms with Gasteiger partial charge < -0.3 is 20.9 Å².